The zero-order valence-corrected chi connectivity index (χ0v) is 13.7. The molecule has 4 heteroatoms. The number of rotatable bonds is 2. The van der Waals surface area contributed by atoms with Gasteiger partial charge in [-0.1, -0.05) is 31.2 Å². The van der Waals surface area contributed by atoms with Crippen LogP contribution in [-0.2, 0) is 11.2 Å². The van der Waals surface area contributed by atoms with Crippen molar-refractivity contribution in [3.05, 3.63) is 60.3 Å². The van der Waals surface area contributed by atoms with E-state index in [0.29, 0.717) is 6.42 Å². The minimum Gasteiger partial charge on any atom is -0.496 e. The maximum Gasteiger partial charge on any atom is 0.234 e. The Hall–Kier alpha value is -2.88. The highest BCUT2D eigenvalue weighted by Crippen LogP contribution is 2.40. The summed E-state index contributed by atoms with van der Waals surface area (Å²) in [5, 5.41) is 1.02. The van der Waals surface area contributed by atoms with E-state index in [1.165, 1.54) is 0 Å². The number of anilines is 2. The molecule has 3 aromatic rings. The average molecular weight is 318 g/mol. The predicted octanol–water partition coefficient (Wildman–Crippen LogP) is 4.10. The largest absolute Gasteiger partial charge is 0.496 e. The second-order valence-electron chi connectivity index (χ2n) is 6.12. The van der Waals surface area contributed by atoms with Gasteiger partial charge in [0.05, 0.1) is 30.2 Å². The van der Waals surface area contributed by atoms with Crippen molar-refractivity contribution in [1.82, 2.24) is 4.98 Å². The molecule has 4 nitrogen and oxygen atoms in total. The third-order valence-electron chi connectivity index (χ3n) is 4.56. The normalized spacial score (nSPS) is 17.0. The second-order valence-corrected chi connectivity index (χ2v) is 6.12. The molecule has 0 spiro atoms. The average Bonchev–Trinajstić information content (AvgIpc) is 2.62. The Bertz CT molecular complexity index is 936. The quantitative estimate of drug-likeness (QED) is 0.714. The van der Waals surface area contributed by atoms with Crippen LogP contribution >= 0.6 is 0 Å². The summed E-state index contributed by atoms with van der Waals surface area (Å²) in [6, 6.07) is 15.8. The molecule has 0 aliphatic carbocycles. The molecule has 2 aromatic carbocycles. The van der Waals surface area contributed by atoms with Crippen molar-refractivity contribution in [3.8, 4) is 5.75 Å². The highest BCUT2D eigenvalue weighted by molar-refractivity contribution is 6.05. The predicted molar refractivity (Wildman–Crippen MR) is 94.8 cm³/mol. The van der Waals surface area contributed by atoms with Crippen molar-refractivity contribution in [2.24, 2.45) is 5.92 Å². The number of methoxy groups -OCH3 is 1. The number of aromatic nitrogens is 1. The van der Waals surface area contributed by atoms with Crippen LogP contribution in [-0.4, -0.2) is 18.0 Å². The summed E-state index contributed by atoms with van der Waals surface area (Å²) in [6.45, 7) is 1.96. The van der Waals surface area contributed by atoms with Crippen molar-refractivity contribution in [3.63, 3.8) is 0 Å². The number of carbonyl (C=O) groups excluding carboxylic acids is 1. The van der Waals surface area contributed by atoms with E-state index >= 15 is 0 Å². The Morgan fingerprint density at radius 3 is 2.83 bits per heavy atom. The van der Waals surface area contributed by atoms with Crippen LogP contribution in [0.3, 0.4) is 0 Å². The molecule has 1 aromatic heterocycles. The molecule has 0 fully saturated rings. The first-order valence-corrected chi connectivity index (χ1v) is 8.03. The molecule has 0 N–H and O–H groups in total. The highest BCUT2D eigenvalue weighted by Gasteiger charge is 2.33. The van der Waals surface area contributed by atoms with E-state index in [4.69, 9.17) is 4.74 Å². The van der Waals surface area contributed by atoms with E-state index < -0.39 is 0 Å². The SMILES string of the molecule is COc1cccc2c1CC(C)C(=O)N2c1cnc2ccccc2c1. The van der Waals surface area contributed by atoms with E-state index in [1.807, 2.05) is 55.5 Å². The molecule has 0 radical (unpaired) electrons. The maximum atomic E-state index is 12.9. The van der Waals surface area contributed by atoms with Gasteiger partial charge >= 0.3 is 0 Å². The molecule has 4 rings (SSSR count). The number of hydrogen-bond donors (Lipinski definition) is 0. The van der Waals surface area contributed by atoms with Gasteiger partial charge in [0, 0.05) is 16.9 Å². The molecule has 1 aliphatic rings. The second kappa shape index (κ2) is 5.64. The summed E-state index contributed by atoms with van der Waals surface area (Å²) in [4.78, 5) is 19.2. The first kappa shape index (κ1) is 14.7. The Balaban J connectivity index is 1.91. The minimum absolute atomic E-state index is 0.0906. The summed E-state index contributed by atoms with van der Waals surface area (Å²) in [5.41, 5.74) is 3.67. The Kier molecular flexibility index (Phi) is 3.45. The summed E-state index contributed by atoms with van der Waals surface area (Å²) < 4.78 is 5.50. The van der Waals surface area contributed by atoms with Gasteiger partial charge in [-0.2, -0.15) is 0 Å². The number of pyridine rings is 1. The van der Waals surface area contributed by atoms with E-state index in [1.54, 1.807) is 18.2 Å². The topological polar surface area (TPSA) is 42.4 Å². The van der Waals surface area contributed by atoms with Crippen molar-refractivity contribution in [2.75, 3.05) is 12.0 Å². The molecule has 0 saturated carbocycles. The number of para-hydroxylation sites is 1. The van der Waals surface area contributed by atoms with Gasteiger partial charge < -0.3 is 4.74 Å². The smallest absolute Gasteiger partial charge is 0.234 e. The lowest BCUT2D eigenvalue weighted by molar-refractivity contribution is -0.121. The molecule has 1 amide bonds. The number of carbonyl (C=O) groups is 1. The maximum absolute atomic E-state index is 12.9. The van der Waals surface area contributed by atoms with Crippen LogP contribution in [0.25, 0.3) is 10.9 Å². The number of fused-ring (bicyclic) bond motifs is 2. The first-order valence-electron chi connectivity index (χ1n) is 8.03. The van der Waals surface area contributed by atoms with Crippen LogP contribution in [0.15, 0.2) is 54.7 Å². The van der Waals surface area contributed by atoms with Crippen molar-refractivity contribution in [1.29, 1.82) is 0 Å². The van der Waals surface area contributed by atoms with Crippen LogP contribution in [0.4, 0.5) is 11.4 Å². The lowest BCUT2D eigenvalue weighted by Gasteiger charge is -2.33. The molecule has 1 aliphatic heterocycles. The molecule has 0 bridgehead atoms. The molecule has 120 valence electrons. The van der Waals surface area contributed by atoms with Gasteiger partial charge in [0.2, 0.25) is 5.91 Å². The van der Waals surface area contributed by atoms with E-state index in [2.05, 4.69) is 4.98 Å². The van der Waals surface area contributed by atoms with Crippen molar-refractivity contribution < 1.29 is 9.53 Å². The monoisotopic (exact) mass is 318 g/mol. The fourth-order valence-electron chi connectivity index (χ4n) is 3.34. The fraction of sp³-hybridized carbons (Fsp3) is 0.200. The van der Waals surface area contributed by atoms with Crippen LogP contribution in [0.2, 0.25) is 0 Å². The van der Waals surface area contributed by atoms with E-state index in [-0.39, 0.29) is 11.8 Å². The summed E-state index contributed by atoms with van der Waals surface area (Å²) in [6.07, 6.45) is 2.46. The van der Waals surface area contributed by atoms with Gasteiger partial charge in [0.1, 0.15) is 5.75 Å². The van der Waals surface area contributed by atoms with Gasteiger partial charge in [-0.3, -0.25) is 14.7 Å². The molecule has 0 saturated heterocycles. The van der Waals surface area contributed by atoms with E-state index in [0.717, 1.165) is 33.6 Å². The fourth-order valence-corrected chi connectivity index (χ4v) is 3.34. The minimum atomic E-state index is -0.0970. The van der Waals surface area contributed by atoms with Crippen LogP contribution in [0.5, 0.6) is 5.75 Å². The van der Waals surface area contributed by atoms with Gasteiger partial charge in [-0.25, -0.2) is 0 Å². The lowest BCUT2D eigenvalue weighted by atomic mass is 9.92. The van der Waals surface area contributed by atoms with Crippen molar-refractivity contribution in [2.45, 2.75) is 13.3 Å². The molecular weight excluding hydrogens is 300 g/mol. The Labute approximate surface area is 140 Å². The zero-order valence-electron chi connectivity index (χ0n) is 13.7. The standard InChI is InChI=1S/C20H18N2O2/c1-13-10-16-18(8-5-9-19(16)24-2)22(20(13)23)15-11-14-6-3-4-7-17(14)21-12-15/h3-9,11-13H,10H2,1-2H3. The zero-order chi connectivity index (χ0) is 16.7. The number of benzene rings is 2. The molecule has 2 heterocycles. The van der Waals surface area contributed by atoms with Gasteiger partial charge in [-0.15, -0.1) is 0 Å². The molecule has 1 atom stereocenters. The van der Waals surface area contributed by atoms with Crippen LogP contribution in [0.1, 0.15) is 12.5 Å². The van der Waals surface area contributed by atoms with Crippen LogP contribution in [0, 0.1) is 5.92 Å². The van der Waals surface area contributed by atoms with Gasteiger partial charge in [0.15, 0.2) is 0 Å². The van der Waals surface area contributed by atoms with Gasteiger partial charge in [0.25, 0.3) is 0 Å². The number of ether oxygens (including phenoxy) is 1. The number of hydrogen-bond acceptors (Lipinski definition) is 3. The molecule has 1 unspecified atom stereocenters. The third-order valence-corrected chi connectivity index (χ3v) is 4.56. The molecule has 24 heavy (non-hydrogen) atoms. The molecular formula is C20H18N2O2. The highest BCUT2D eigenvalue weighted by atomic mass is 16.5. The van der Waals surface area contributed by atoms with Gasteiger partial charge in [-0.05, 0) is 30.7 Å². The number of amides is 1. The van der Waals surface area contributed by atoms with Crippen LogP contribution < -0.4 is 9.64 Å². The van der Waals surface area contributed by atoms with E-state index in [9.17, 15) is 4.79 Å². The lowest BCUT2D eigenvalue weighted by Crippen LogP contribution is -2.37. The summed E-state index contributed by atoms with van der Waals surface area (Å²) in [5.74, 6) is 0.818. The Morgan fingerprint density at radius 2 is 2.00 bits per heavy atom. The number of nitrogens with zero attached hydrogens (tertiary/aromatic N) is 2. The third kappa shape index (κ3) is 2.22. The first-order chi connectivity index (χ1) is 11.7. The Morgan fingerprint density at radius 1 is 1.17 bits per heavy atom. The van der Waals surface area contributed by atoms with Crippen molar-refractivity contribution >= 4 is 28.2 Å². The summed E-state index contributed by atoms with van der Waals surface area (Å²) in [7, 11) is 1.67. The summed E-state index contributed by atoms with van der Waals surface area (Å²) >= 11 is 0.